The smallest absolute Gasteiger partial charge is 0.358 e. The lowest BCUT2D eigenvalue weighted by atomic mass is 10.2. The van der Waals surface area contributed by atoms with Crippen molar-refractivity contribution in [1.29, 1.82) is 0 Å². The standard InChI is InChI=1S/C13H9ClN2O3/c1-16-10-3-2-8(14)4-7(10)5-11(16)12-6-9(13(17)18)15-19-12/h2-6H,1H3,(H,17,18). The first-order valence-electron chi connectivity index (χ1n) is 5.51. The van der Waals surface area contributed by atoms with Crippen molar-refractivity contribution in [2.75, 3.05) is 0 Å². The molecule has 0 saturated heterocycles. The van der Waals surface area contributed by atoms with E-state index in [1.54, 1.807) is 6.07 Å². The highest BCUT2D eigenvalue weighted by Gasteiger charge is 2.16. The predicted molar refractivity (Wildman–Crippen MR) is 70.4 cm³/mol. The molecule has 0 aliphatic carbocycles. The molecule has 96 valence electrons. The van der Waals surface area contributed by atoms with Crippen molar-refractivity contribution in [1.82, 2.24) is 9.72 Å². The summed E-state index contributed by atoms with van der Waals surface area (Å²) in [5.41, 5.74) is 1.61. The van der Waals surface area contributed by atoms with Gasteiger partial charge in [0, 0.05) is 29.0 Å². The first-order chi connectivity index (χ1) is 9.06. The highest BCUT2D eigenvalue weighted by Crippen LogP contribution is 2.29. The van der Waals surface area contributed by atoms with Gasteiger partial charge in [-0.25, -0.2) is 4.79 Å². The first kappa shape index (κ1) is 11.8. The van der Waals surface area contributed by atoms with Crippen molar-refractivity contribution in [3.05, 3.63) is 41.0 Å². The normalized spacial score (nSPS) is 11.1. The molecule has 0 atom stereocenters. The second-order valence-electron chi connectivity index (χ2n) is 4.17. The number of rotatable bonds is 2. The minimum absolute atomic E-state index is 0.113. The molecule has 3 aromatic rings. The molecule has 0 aliphatic heterocycles. The minimum Gasteiger partial charge on any atom is -0.476 e. The number of fused-ring (bicyclic) bond motifs is 1. The Bertz CT molecular complexity index is 788. The number of hydrogen-bond donors (Lipinski definition) is 1. The molecule has 0 aliphatic rings. The third-order valence-corrected chi connectivity index (χ3v) is 3.22. The zero-order valence-corrected chi connectivity index (χ0v) is 10.7. The number of carboxylic acids is 1. The first-order valence-corrected chi connectivity index (χ1v) is 5.89. The molecule has 6 heteroatoms. The SMILES string of the molecule is Cn1c(-c2cc(C(=O)O)no2)cc2cc(Cl)ccc21. The summed E-state index contributed by atoms with van der Waals surface area (Å²) in [7, 11) is 1.87. The number of hydrogen-bond acceptors (Lipinski definition) is 3. The predicted octanol–water partition coefficient (Wildman–Crippen LogP) is 3.18. The lowest BCUT2D eigenvalue weighted by molar-refractivity contribution is 0.0686. The van der Waals surface area contributed by atoms with Gasteiger partial charge in [-0.15, -0.1) is 0 Å². The van der Waals surface area contributed by atoms with Gasteiger partial charge in [0.2, 0.25) is 0 Å². The van der Waals surface area contributed by atoms with Gasteiger partial charge in [-0.3, -0.25) is 0 Å². The summed E-state index contributed by atoms with van der Waals surface area (Å²) in [5.74, 6) is -0.705. The Morgan fingerprint density at radius 2 is 2.16 bits per heavy atom. The molecule has 0 amide bonds. The molecule has 0 radical (unpaired) electrons. The Balaban J connectivity index is 2.18. The number of carboxylic acid groups (broad SMARTS) is 1. The van der Waals surface area contributed by atoms with Crippen LogP contribution >= 0.6 is 11.6 Å². The zero-order valence-electron chi connectivity index (χ0n) is 9.92. The van der Waals surface area contributed by atoms with Crippen molar-refractivity contribution in [3.8, 4) is 11.5 Å². The van der Waals surface area contributed by atoms with E-state index in [1.807, 2.05) is 29.8 Å². The molecule has 2 aromatic heterocycles. The van der Waals surface area contributed by atoms with E-state index in [4.69, 9.17) is 21.2 Å². The van der Waals surface area contributed by atoms with E-state index in [0.29, 0.717) is 10.8 Å². The van der Waals surface area contributed by atoms with Crippen LogP contribution in [0.15, 0.2) is 34.9 Å². The van der Waals surface area contributed by atoms with E-state index >= 15 is 0 Å². The zero-order chi connectivity index (χ0) is 13.6. The number of aromatic carboxylic acids is 1. The van der Waals surface area contributed by atoms with Crippen LogP contribution in [0.1, 0.15) is 10.5 Å². The lowest BCUT2D eigenvalue weighted by Gasteiger charge is -1.99. The van der Waals surface area contributed by atoms with Crippen molar-refractivity contribution < 1.29 is 14.4 Å². The molecule has 1 aromatic carbocycles. The van der Waals surface area contributed by atoms with Crippen LogP contribution in [0.25, 0.3) is 22.4 Å². The van der Waals surface area contributed by atoms with Crippen molar-refractivity contribution in [2.24, 2.45) is 7.05 Å². The summed E-state index contributed by atoms with van der Waals surface area (Å²) in [5, 5.41) is 14.0. The van der Waals surface area contributed by atoms with E-state index in [0.717, 1.165) is 16.6 Å². The maximum absolute atomic E-state index is 10.8. The van der Waals surface area contributed by atoms with Crippen LogP contribution in [0, 0.1) is 0 Å². The van der Waals surface area contributed by atoms with Gasteiger partial charge in [-0.1, -0.05) is 16.8 Å². The van der Waals surface area contributed by atoms with E-state index < -0.39 is 5.97 Å². The number of aromatic nitrogens is 2. The van der Waals surface area contributed by atoms with Crippen LogP contribution in [0.2, 0.25) is 5.02 Å². The topological polar surface area (TPSA) is 68.3 Å². The van der Waals surface area contributed by atoms with Gasteiger partial charge in [0.1, 0.15) is 0 Å². The maximum Gasteiger partial charge on any atom is 0.358 e. The van der Waals surface area contributed by atoms with Gasteiger partial charge in [0.15, 0.2) is 11.5 Å². The summed E-state index contributed by atoms with van der Waals surface area (Å²) < 4.78 is 6.97. The molecule has 3 rings (SSSR count). The maximum atomic E-state index is 10.8. The van der Waals surface area contributed by atoms with Gasteiger partial charge < -0.3 is 14.2 Å². The Morgan fingerprint density at radius 3 is 2.84 bits per heavy atom. The lowest BCUT2D eigenvalue weighted by Crippen LogP contribution is -1.94. The molecule has 0 unspecified atom stereocenters. The average molecular weight is 277 g/mol. The molecule has 1 N–H and O–H groups in total. The second kappa shape index (κ2) is 4.13. The molecule has 19 heavy (non-hydrogen) atoms. The fourth-order valence-corrected chi connectivity index (χ4v) is 2.23. The van der Waals surface area contributed by atoms with Gasteiger partial charge in [-0.2, -0.15) is 0 Å². The molecular formula is C13H9ClN2O3. The van der Waals surface area contributed by atoms with E-state index in [1.165, 1.54) is 6.07 Å². The minimum atomic E-state index is -1.11. The van der Waals surface area contributed by atoms with Gasteiger partial charge in [0.05, 0.1) is 5.69 Å². The molecular weight excluding hydrogens is 268 g/mol. The third-order valence-electron chi connectivity index (χ3n) is 2.99. The summed E-state index contributed by atoms with van der Waals surface area (Å²) >= 11 is 5.95. The monoisotopic (exact) mass is 276 g/mol. The number of aryl methyl sites for hydroxylation is 1. The van der Waals surface area contributed by atoms with Crippen LogP contribution in [0.5, 0.6) is 0 Å². The average Bonchev–Trinajstić information content (AvgIpc) is 2.94. The molecule has 0 fully saturated rings. The number of benzene rings is 1. The van der Waals surface area contributed by atoms with Crippen LogP contribution in [-0.4, -0.2) is 20.8 Å². The van der Waals surface area contributed by atoms with Crippen LogP contribution in [0.3, 0.4) is 0 Å². The molecule has 0 spiro atoms. The van der Waals surface area contributed by atoms with Crippen molar-refractivity contribution >= 4 is 28.5 Å². The van der Waals surface area contributed by atoms with Gasteiger partial charge in [-0.05, 0) is 24.3 Å². The van der Waals surface area contributed by atoms with E-state index in [-0.39, 0.29) is 5.69 Å². The Hall–Kier alpha value is -2.27. The summed E-state index contributed by atoms with van der Waals surface area (Å²) in [6, 6.07) is 8.83. The van der Waals surface area contributed by atoms with Crippen LogP contribution in [-0.2, 0) is 7.05 Å². The summed E-state index contributed by atoms with van der Waals surface area (Å²) in [6.45, 7) is 0. The van der Waals surface area contributed by atoms with Crippen LogP contribution in [0.4, 0.5) is 0 Å². The summed E-state index contributed by atoms with van der Waals surface area (Å²) in [6.07, 6.45) is 0. The Labute approximate surface area is 113 Å². The fourth-order valence-electron chi connectivity index (χ4n) is 2.05. The second-order valence-corrected chi connectivity index (χ2v) is 4.61. The van der Waals surface area contributed by atoms with E-state index in [9.17, 15) is 4.79 Å². The van der Waals surface area contributed by atoms with Crippen LogP contribution < -0.4 is 0 Å². The molecule has 0 saturated carbocycles. The number of carbonyl (C=O) groups is 1. The highest BCUT2D eigenvalue weighted by molar-refractivity contribution is 6.31. The number of nitrogens with zero attached hydrogens (tertiary/aromatic N) is 2. The Kier molecular flexibility index (Phi) is 2.57. The van der Waals surface area contributed by atoms with Crippen molar-refractivity contribution in [3.63, 3.8) is 0 Å². The largest absolute Gasteiger partial charge is 0.476 e. The van der Waals surface area contributed by atoms with Gasteiger partial charge >= 0.3 is 5.97 Å². The fraction of sp³-hybridized carbons (Fsp3) is 0.0769. The third kappa shape index (κ3) is 1.88. The summed E-state index contributed by atoms with van der Waals surface area (Å²) in [4.78, 5) is 10.8. The van der Waals surface area contributed by atoms with E-state index in [2.05, 4.69) is 5.16 Å². The molecule has 2 heterocycles. The highest BCUT2D eigenvalue weighted by atomic mass is 35.5. The molecule has 0 bridgehead atoms. The number of halogens is 1. The quantitative estimate of drug-likeness (QED) is 0.780. The Morgan fingerprint density at radius 1 is 1.37 bits per heavy atom. The molecule has 5 nitrogen and oxygen atoms in total. The van der Waals surface area contributed by atoms with Crippen molar-refractivity contribution in [2.45, 2.75) is 0 Å². The van der Waals surface area contributed by atoms with Gasteiger partial charge in [0.25, 0.3) is 0 Å².